The molecule has 24 heavy (non-hydrogen) atoms. The summed E-state index contributed by atoms with van der Waals surface area (Å²) in [6.45, 7) is 6.75. The van der Waals surface area contributed by atoms with Crippen molar-refractivity contribution in [2.24, 2.45) is 4.99 Å². The van der Waals surface area contributed by atoms with E-state index in [1.54, 1.807) is 7.05 Å². The zero-order valence-corrected chi connectivity index (χ0v) is 17.0. The van der Waals surface area contributed by atoms with Gasteiger partial charge >= 0.3 is 0 Å². The second-order valence-corrected chi connectivity index (χ2v) is 5.62. The average Bonchev–Trinajstić information content (AvgIpc) is 2.59. The maximum Gasteiger partial charge on any atom is 0.191 e. The van der Waals surface area contributed by atoms with Crippen LogP contribution in [0, 0.1) is 0 Å². The lowest BCUT2D eigenvalue weighted by atomic mass is 10.3. The van der Waals surface area contributed by atoms with Gasteiger partial charge in [0.25, 0.3) is 0 Å². The molecular formula is C16H26ClIN4O2. The Labute approximate surface area is 166 Å². The van der Waals surface area contributed by atoms with Crippen LogP contribution in [0.5, 0.6) is 5.75 Å². The molecule has 8 heteroatoms. The highest BCUT2D eigenvalue weighted by Gasteiger charge is 2.09. The molecule has 0 unspecified atom stereocenters. The van der Waals surface area contributed by atoms with Gasteiger partial charge in [-0.2, -0.15) is 0 Å². The van der Waals surface area contributed by atoms with Gasteiger partial charge in [-0.3, -0.25) is 9.89 Å². The number of aliphatic imine (C=N–C) groups is 1. The van der Waals surface area contributed by atoms with Gasteiger partial charge in [0.15, 0.2) is 5.96 Å². The molecule has 2 N–H and O–H groups in total. The van der Waals surface area contributed by atoms with Crippen molar-refractivity contribution < 1.29 is 9.47 Å². The van der Waals surface area contributed by atoms with E-state index in [9.17, 15) is 0 Å². The molecular weight excluding hydrogens is 443 g/mol. The molecule has 0 bridgehead atoms. The topological polar surface area (TPSA) is 58.1 Å². The minimum absolute atomic E-state index is 0. The van der Waals surface area contributed by atoms with E-state index in [1.807, 2.05) is 24.3 Å². The fraction of sp³-hybridized carbons (Fsp3) is 0.562. The molecule has 0 amide bonds. The van der Waals surface area contributed by atoms with Crippen molar-refractivity contribution in [3.05, 3.63) is 29.3 Å². The zero-order valence-electron chi connectivity index (χ0n) is 14.0. The Kier molecular flexibility index (Phi) is 11.1. The molecule has 6 nitrogen and oxygen atoms in total. The first kappa shape index (κ1) is 21.3. The number of ether oxygens (including phenoxy) is 2. The Morgan fingerprint density at radius 1 is 1.21 bits per heavy atom. The summed E-state index contributed by atoms with van der Waals surface area (Å²) < 4.78 is 11.0. The molecule has 136 valence electrons. The predicted octanol–water partition coefficient (Wildman–Crippen LogP) is 1.83. The first-order valence-corrected chi connectivity index (χ1v) is 8.29. The van der Waals surface area contributed by atoms with Gasteiger partial charge in [-0.05, 0) is 24.3 Å². The smallest absolute Gasteiger partial charge is 0.191 e. The van der Waals surface area contributed by atoms with Crippen molar-refractivity contribution in [3.63, 3.8) is 0 Å². The number of guanidine groups is 1. The van der Waals surface area contributed by atoms with Gasteiger partial charge in [-0.15, -0.1) is 24.0 Å². The Balaban J connectivity index is 0.00000288. The summed E-state index contributed by atoms with van der Waals surface area (Å²) in [6, 6.07) is 7.35. The van der Waals surface area contributed by atoms with Crippen LogP contribution in [-0.4, -0.2) is 70.5 Å². The minimum atomic E-state index is 0. The third-order valence-corrected chi connectivity index (χ3v) is 3.78. The van der Waals surface area contributed by atoms with E-state index in [-0.39, 0.29) is 24.0 Å². The molecule has 0 aromatic heterocycles. The van der Waals surface area contributed by atoms with Crippen LogP contribution >= 0.6 is 35.6 Å². The normalized spacial score (nSPS) is 15.5. The lowest BCUT2D eigenvalue weighted by molar-refractivity contribution is 0.0389. The molecule has 0 atom stereocenters. The number of nitrogens with zero attached hydrogens (tertiary/aromatic N) is 2. The molecule has 1 aromatic carbocycles. The standard InChI is InChI=1S/C16H25ClN4O2.HI/c1-18-16(19-6-8-21-9-12-22-13-10-21)20-7-11-23-15-4-2-14(17)3-5-15;/h2-5H,6-13H2,1H3,(H2,18,19,20);1H. The Morgan fingerprint density at radius 3 is 2.54 bits per heavy atom. The van der Waals surface area contributed by atoms with E-state index in [2.05, 4.69) is 20.5 Å². The summed E-state index contributed by atoms with van der Waals surface area (Å²) in [6.07, 6.45) is 0. The second-order valence-electron chi connectivity index (χ2n) is 5.18. The van der Waals surface area contributed by atoms with Gasteiger partial charge in [0.1, 0.15) is 12.4 Å². The Bertz CT molecular complexity index is 481. The second kappa shape index (κ2) is 12.6. The lowest BCUT2D eigenvalue weighted by Gasteiger charge is -2.26. The van der Waals surface area contributed by atoms with E-state index in [0.717, 1.165) is 51.1 Å². The fourth-order valence-corrected chi connectivity index (χ4v) is 2.37. The monoisotopic (exact) mass is 468 g/mol. The van der Waals surface area contributed by atoms with Crippen LogP contribution in [0.25, 0.3) is 0 Å². The Hall–Kier alpha value is -0.770. The summed E-state index contributed by atoms with van der Waals surface area (Å²) >= 11 is 5.84. The number of benzene rings is 1. The first-order chi connectivity index (χ1) is 11.3. The Morgan fingerprint density at radius 2 is 1.88 bits per heavy atom. The van der Waals surface area contributed by atoms with Crippen LogP contribution < -0.4 is 15.4 Å². The zero-order chi connectivity index (χ0) is 16.3. The quantitative estimate of drug-likeness (QED) is 0.277. The molecule has 0 spiro atoms. The summed E-state index contributed by atoms with van der Waals surface area (Å²) in [4.78, 5) is 6.59. The highest BCUT2D eigenvalue weighted by molar-refractivity contribution is 14.0. The summed E-state index contributed by atoms with van der Waals surface area (Å²) in [7, 11) is 1.77. The van der Waals surface area contributed by atoms with E-state index < -0.39 is 0 Å². The highest BCUT2D eigenvalue weighted by atomic mass is 127. The highest BCUT2D eigenvalue weighted by Crippen LogP contribution is 2.14. The van der Waals surface area contributed by atoms with Crippen molar-refractivity contribution >= 4 is 41.5 Å². The van der Waals surface area contributed by atoms with Crippen LogP contribution in [0.15, 0.2) is 29.3 Å². The van der Waals surface area contributed by atoms with Gasteiger partial charge < -0.3 is 20.1 Å². The maximum absolute atomic E-state index is 5.84. The lowest BCUT2D eigenvalue weighted by Crippen LogP contribution is -2.45. The number of rotatable bonds is 7. The number of hydrogen-bond donors (Lipinski definition) is 2. The molecule has 2 rings (SSSR count). The maximum atomic E-state index is 5.84. The molecule has 0 aliphatic carbocycles. The van der Waals surface area contributed by atoms with Gasteiger partial charge in [0, 0.05) is 38.2 Å². The van der Waals surface area contributed by atoms with Crippen LogP contribution in [0.1, 0.15) is 0 Å². The van der Waals surface area contributed by atoms with Crippen LogP contribution in [-0.2, 0) is 4.74 Å². The van der Waals surface area contributed by atoms with Crippen molar-refractivity contribution in [3.8, 4) is 5.75 Å². The largest absolute Gasteiger partial charge is 0.492 e. The first-order valence-electron chi connectivity index (χ1n) is 7.91. The minimum Gasteiger partial charge on any atom is -0.492 e. The number of nitrogens with one attached hydrogen (secondary N) is 2. The van der Waals surface area contributed by atoms with Crippen LogP contribution in [0.3, 0.4) is 0 Å². The third kappa shape index (κ3) is 8.36. The molecule has 1 aromatic rings. The van der Waals surface area contributed by atoms with Gasteiger partial charge in [0.2, 0.25) is 0 Å². The van der Waals surface area contributed by atoms with Gasteiger partial charge in [-0.1, -0.05) is 11.6 Å². The summed E-state index contributed by atoms with van der Waals surface area (Å²) in [5, 5.41) is 7.25. The van der Waals surface area contributed by atoms with E-state index in [0.29, 0.717) is 18.2 Å². The number of morpholine rings is 1. The molecule has 1 heterocycles. The number of hydrogen-bond acceptors (Lipinski definition) is 4. The van der Waals surface area contributed by atoms with Gasteiger partial charge in [-0.25, -0.2) is 0 Å². The fourth-order valence-electron chi connectivity index (χ4n) is 2.25. The third-order valence-electron chi connectivity index (χ3n) is 3.52. The van der Waals surface area contributed by atoms with Crippen molar-refractivity contribution in [2.75, 3.05) is 59.6 Å². The molecule has 0 radical (unpaired) electrons. The van der Waals surface area contributed by atoms with E-state index >= 15 is 0 Å². The summed E-state index contributed by atoms with van der Waals surface area (Å²) in [5.74, 6) is 1.60. The van der Waals surface area contributed by atoms with Crippen LogP contribution in [0.4, 0.5) is 0 Å². The van der Waals surface area contributed by atoms with E-state index in [4.69, 9.17) is 21.1 Å². The molecule has 1 fully saturated rings. The predicted molar refractivity (Wildman–Crippen MR) is 109 cm³/mol. The number of halogens is 2. The molecule has 1 saturated heterocycles. The molecule has 0 saturated carbocycles. The van der Waals surface area contributed by atoms with Crippen molar-refractivity contribution in [1.82, 2.24) is 15.5 Å². The summed E-state index contributed by atoms with van der Waals surface area (Å²) in [5.41, 5.74) is 0. The SMILES string of the molecule is CN=C(NCCOc1ccc(Cl)cc1)NCCN1CCOCC1.I. The van der Waals surface area contributed by atoms with Gasteiger partial charge in [0.05, 0.1) is 19.8 Å². The van der Waals surface area contributed by atoms with Crippen molar-refractivity contribution in [2.45, 2.75) is 0 Å². The average molecular weight is 469 g/mol. The molecule has 1 aliphatic rings. The van der Waals surface area contributed by atoms with E-state index in [1.165, 1.54) is 0 Å². The molecule has 1 aliphatic heterocycles. The van der Waals surface area contributed by atoms with Crippen molar-refractivity contribution in [1.29, 1.82) is 0 Å². The van der Waals surface area contributed by atoms with Crippen LogP contribution in [0.2, 0.25) is 5.02 Å².